The Morgan fingerprint density at radius 3 is 2.67 bits per heavy atom. The highest BCUT2D eigenvalue weighted by atomic mass is 16.5. The van der Waals surface area contributed by atoms with Crippen molar-refractivity contribution in [3.63, 3.8) is 0 Å². The molecule has 0 aromatic heterocycles. The van der Waals surface area contributed by atoms with Crippen molar-refractivity contribution in [2.24, 2.45) is 0 Å². The van der Waals surface area contributed by atoms with Gasteiger partial charge in [-0.25, -0.2) is 0 Å². The molecule has 0 atom stereocenters. The first-order valence-corrected chi connectivity index (χ1v) is 7.62. The number of ether oxygens (including phenoxy) is 1. The zero-order valence-corrected chi connectivity index (χ0v) is 12.6. The summed E-state index contributed by atoms with van der Waals surface area (Å²) >= 11 is 0. The summed E-state index contributed by atoms with van der Waals surface area (Å²) in [6.45, 7) is 2.15. The second-order valence-electron chi connectivity index (χ2n) is 5.37. The SMILES string of the molecule is C/C=C/COC(=O)CCC(=O)c1ccc2c(c1)CCCC2. The predicted octanol–water partition coefficient (Wildman–Crippen LogP) is 3.65. The lowest BCUT2D eigenvalue weighted by Crippen LogP contribution is -2.10. The maximum Gasteiger partial charge on any atom is 0.306 e. The number of esters is 1. The van der Waals surface area contributed by atoms with Gasteiger partial charge < -0.3 is 4.74 Å². The highest BCUT2D eigenvalue weighted by Crippen LogP contribution is 2.22. The number of benzene rings is 1. The highest BCUT2D eigenvalue weighted by Gasteiger charge is 2.14. The Labute approximate surface area is 126 Å². The van der Waals surface area contributed by atoms with Gasteiger partial charge in [0.25, 0.3) is 0 Å². The van der Waals surface area contributed by atoms with Crippen LogP contribution < -0.4 is 0 Å². The lowest BCUT2D eigenvalue weighted by Gasteiger charge is -2.16. The summed E-state index contributed by atoms with van der Waals surface area (Å²) in [6.07, 6.45) is 8.55. The number of hydrogen-bond donors (Lipinski definition) is 0. The number of ketones is 1. The largest absolute Gasteiger partial charge is 0.461 e. The zero-order chi connectivity index (χ0) is 15.1. The molecule has 0 bridgehead atoms. The van der Waals surface area contributed by atoms with Gasteiger partial charge in [0.15, 0.2) is 5.78 Å². The van der Waals surface area contributed by atoms with Crippen molar-refractivity contribution in [3.8, 4) is 0 Å². The van der Waals surface area contributed by atoms with E-state index in [2.05, 4.69) is 6.07 Å². The molecule has 0 amide bonds. The third kappa shape index (κ3) is 4.55. The van der Waals surface area contributed by atoms with Crippen molar-refractivity contribution in [2.75, 3.05) is 6.61 Å². The number of allylic oxidation sites excluding steroid dienone is 1. The Kier molecular flexibility index (Phi) is 5.73. The summed E-state index contributed by atoms with van der Waals surface area (Å²) < 4.78 is 4.98. The number of rotatable bonds is 6. The number of fused-ring (bicyclic) bond motifs is 1. The van der Waals surface area contributed by atoms with Crippen LogP contribution in [0.15, 0.2) is 30.4 Å². The van der Waals surface area contributed by atoms with Gasteiger partial charge in [0.1, 0.15) is 6.61 Å². The van der Waals surface area contributed by atoms with E-state index in [0.717, 1.165) is 18.4 Å². The number of Topliss-reactive ketones (excluding diaryl/α,β-unsaturated/α-hetero) is 1. The van der Waals surface area contributed by atoms with E-state index in [1.54, 1.807) is 6.08 Å². The van der Waals surface area contributed by atoms with Crippen LogP contribution in [0.2, 0.25) is 0 Å². The average Bonchev–Trinajstić information content (AvgIpc) is 2.52. The van der Waals surface area contributed by atoms with Gasteiger partial charge in [0.2, 0.25) is 0 Å². The molecule has 0 heterocycles. The van der Waals surface area contributed by atoms with Crippen LogP contribution in [0.3, 0.4) is 0 Å². The first kappa shape index (κ1) is 15.5. The summed E-state index contributed by atoms with van der Waals surface area (Å²) in [5.41, 5.74) is 3.38. The first-order valence-electron chi connectivity index (χ1n) is 7.62. The molecule has 1 aromatic rings. The maximum absolute atomic E-state index is 12.1. The highest BCUT2D eigenvalue weighted by molar-refractivity contribution is 5.97. The first-order chi connectivity index (χ1) is 10.2. The van der Waals surface area contributed by atoms with Gasteiger partial charge in [0, 0.05) is 12.0 Å². The minimum Gasteiger partial charge on any atom is -0.461 e. The topological polar surface area (TPSA) is 43.4 Å². The Morgan fingerprint density at radius 1 is 1.14 bits per heavy atom. The molecule has 21 heavy (non-hydrogen) atoms. The van der Waals surface area contributed by atoms with E-state index in [1.807, 2.05) is 25.1 Å². The molecule has 0 unspecified atom stereocenters. The van der Waals surface area contributed by atoms with Crippen molar-refractivity contribution in [2.45, 2.75) is 45.4 Å². The molecule has 1 aromatic carbocycles. The van der Waals surface area contributed by atoms with Crippen LogP contribution in [-0.2, 0) is 22.4 Å². The van der Waals surface area contributed by atoms with Crippen molar-refractivity contribution in [1.29, 1.82) is 0 Å². The zero-order valence-electron chi connectivity index (χ0n) is 12.6. The molecule has 2 rings (SSSR count). The van der Waals surface area contributed by atoms with E-state index in [-0.39, 0.29) is 31.2 Å². The molecular weight excluding hydrogens is 264 g/mol. The lowest BCUT2D eigenvalue weighted by atomic mass is 9.89. The number of hydrogen-bond acceptors (Lipinski definition) is 3. The molecule has 0 aliphatic heterocycles. The molecule has 0 radical (unpaired) electrons. The van der Waals surface area contributed by atoms with E-state index in [1.165, 1.54) is 24.0 Å². The number of carbonyl (C=O) groups is 2. The summed E-state index contributed by atoms with van der Waals surface area (Å²) in [5.74, 6) is -0.300. The van der Waals surface area contributed by atoms with Crippen LogP contribution >= 0.6 is 0 Å². The molecular formula is C18H22O3. The summed E-state index contributed by atoms with van der Waals surface area (Å²) in [6, 6.07) is 5.95. The molecule has 0 spiro atoms. The standard InChI is InChI=1S/C18H22O3/c1-2-3-12-21-18(20)11-10-17(19)16-9-8-14-6-4-5-7-15(14)13-16/h2-3,8-9,13H,4-7,10-12H2,1H3/b3-2+. The fourth-order valence-electron chi connectivity index (χ4n) is 2.58. The van der Waals surface area contributed by atoms with Crippen molar-refractivity contribution < 1.29 is 14.3 Å². The van der Waals surface area contributed by atoms with E-state index in [9.17, 15) is 9.59 Å². The van der Waals surface area contributed by atoms with E-state index in [0.29, 0.717) is 0 Å². The minimum atomic E-state index is -0.320. The summed E-state index contributed by atoms with van der Waals surface area (Å²) in [4.78, 5) is 23.6. The van der Waals surface area contributed by atoms with Gasteiger partial charge in [-0.2, -0.15) is 0 Å². The van der Waals surface area contributed by atoms with Gasteiger partial charge in [-0.15, -0.1) is 0 Å². The molecule has 0 saturated heterocycles. The Hall–Kier alpha value is -1.90. The summed E-state index contributed by atoms with van der Waals surface area (Å²) in [7, 11) is 0. The van der Waals surface area contributed by atoms with Crippen LogP contribution in [0.1, 0.15) is 54.1 Å². The average molecular weight is 286 g/mol. The quantitative estimate of drug-likeness (QED) is 0.455. The van der Waals surface area contributed by atoms with Gasteiger partial charge in [-0.3, -0.25) is 9.59 Å². The smallest absolute Gasteiger partial charge is 0.306 e. The van der Waals surface area contributed by atoms with Crippen molar-refractivity contribution >= 4 is 11.8 Å². The fraction of sp³-hybridized carbons (Fsp3) is 0.444. The molecule has 0 N–H and O–H groups in total. The van der Waals surface area contributed by atoms with Crippen LogP contribution in [0.25, 0.3) is 0 Å². The molecule has 3 nitrogen and oxygen atoms in total. The predicted molar refractivity (Wildman–Crippen MR) is 82.4 cm³/mol. The molecule has 1 aliphatic rings. The molecule has 0 fully saturated rings. The number of carbonyl (C=O) groups excluding carboxylic acids is 2. The van der Waals surface area contributed by atoms with Crippen molar-refractivity contribution in [1.82, 2.24) is 0 Å². The minimum absolute atomic E-state index is 0.0198. The number of aryl methyl sites for hydroxylation is 2. The Balaban J connectivity index is 1.87. The third-order valence-electron chi connectivity index (χ3n) is 3.80. The van der Waals surface area contributed by atoms with E-state index >= 15 is 0 Å². The summed E-state index contributed by atoms with van der Waals surface area (Å²) in [5, 5.41) is 0. The van der Waals surface area contributed by atoms with Crippen molar-refractivity contribution in [3.05, 3.63) is 47.0 Å². The Morgan fingerprint density at radius 2 is 1.90 bits per heavy atom. The van der Waals surface area contributed by atoms with E-state index < -0.39 is 0 Å². The molecule has 1 aliphatic carbocycles. The second kappa shape index (κ2) is 7.77. The van der Waals surface area contributed by atoms with E-state index in [4.69, 9.17) is 4.74 Å². The van der Waals surface area contributed by atoms with Crippen LogP contribution in [0.5, 0.6) is 0 Å². The Bertz CT molecular complexity index is 543. The van der Waals surface area contributed by atoms with Crippen LogP contribution in [0, 0.1) is 0 Å². The molecule has 112 valence electrons. The monoisotopic (exact) mass is 286 g/mol. The lowest BCUT2D eigenvalue weighted by molar-refractivity contribution is -0.142. The van der Waals surface area contributed by atoms with Crippen LogP contribution in [0.4, 0.5) is 0 Å². The second-order valence-corrected chi connectivity index (χ2v) is 5.37. The van der Waals surface area contributed by atoms with Gasteiger partial charge >= 0.3 is 5.97 Å². The fourth-order valence-corrected chi connectivity index (χ4v) is 2.58. The maximum atomic E-state index is 12.1. The van der Waals surface area contributed by atoms with Gasteiger partial charge in [-0.1, -0.05) is 24.3 Å². The molecule has 0 saturated carbocycles. The van der Waals surface area contributed by atoms with Gasteiger partial charge in [-0.05, 0) is 49.8 Å². The third-order valence-corrected chi connectivity index (χ3v) is 3.80. The normalized spacial score (nSPS) is 14.0. The van der Waals surface area contributed by atoms with Crippen LogP contribution in [-0.4, -0.2) is 18.4 Å². The molecule has 3 heteroatoms. The van der Waals surface area contributed by atoms with Gasteiger partial charge in [0.05, 0.1) is 6.42 Å².